The Morgan fingerprint density at radius 1 is 1.15 bits per heavy atom. The number of benzene rings is 2. The first-order chi connectivity index (χ1) is 13.2. The van der Waals surface area contributed by atoms with E-state index in [1.807, 2.05) is 35.0 Å². The number of hydrogen-bond donors (Lipinski definition) is 1. The number of anilines is 1. The number of rotatable bonds is 5. The van der Waals surface area contributed by atoms with E-state index in [4.69, 9.17) is 11.6 Å². The molecule has 27 heavy (non-hydrogen) atoms. The molecule has 0 saturated carbocycles. The maximum absolute atomic E-state index is 12.8. The van der Waals surface area contributed by atoms with Gasteiger partial charge in [0.05, 0.1) is 17.6 Å². The molecule has 2 aromatic heterocycles. The minimum absolute atomic E-state index is 0.303. The van der Waals surface area contributed by atoms with Gasteiger partial charge in [-0.3, -0.25) is 4.79 Å². The predicted octanol–water partition coefficient (Wildman–Crippen LogP) is 2.81. The molecule has 0 spiro atoms. The number of imidazole rings is 1. The molecule has 0 saturated heterocycles. The fourth-order valence-electron chi connectivity index (χ4n) is 2.70. The lowest BCUT2D eigenvalue weighted by molar-refractivity contribution is 0.102. The lowest BCUT2D eigenvalue weighted by Gasteiger charge is -2.11. The molecule has 0 aliphatic rings. The minimum atomic E-state index is -0.303. The highest BCUT2D eigenvalue weighted by atomic mass is 35.5. The smallest absolute Gasteiger partial charge is 0.257 e. The summed E-state index contributed by atoms with van der Waals surface area (Å²) in [5.74, 6) is -0.303. The first-order valence-corrected chi connectivity index (χ1v) is 8.46. The molecule has 0 aliphatic carbocycles. The zero-order chi connectivity index (χ0) is 18.6. The molecule has 0 aliphatic heterocycles. The third kappa shape index (κ3) is 3.85. The van der Waals surface area contributed by atoms with Crippen LogP contribution >= 0.6 is 11.6 Å². The van der Waals surface area contributed by atoms with Crippen LogP contribution in [0.15, 0.2) is 67.5 Å². The first kappa shape index (κ1) is 16.9. The number of tetrazole rings is 1. The molecule has 4 rings (SSSR count). The largest absolute Gasteiger partial charge is 0.333 e. The van der Waals surface area contributed by atoms with Crippen molar-refractivity contribution in [2.24, 2.45) is 0 Å². The SMILES string of the molecule is O=C(Nc1cccc(Cn2ccnc2)c1)c1cc(Cl)ccc1-n1cnnn1. The van der Waals surface area contributed by atoms with Gasteiger partial charge in [-0.25, -0.2) is 4.98 Å². The second-order valence-electron chi connectivity index (χ2n) is 5.81. The van der Waals surface area contributed by atoms with Crippen LogP contribution in [0.1, 0.15) is 15.9 Å². The van der Waals surface area contributed by atoms with Crippen LogP contribution in [0.4, 0.5) is 5.69 Å². The molecular weight excluding hydrogens is 366 g/mol. The molecular formula is C18H14ClN7O. The normalized spacial score (nSPS) is 10.7. The van der Waals surface area contributed by atoms with Crippen LogP contribution in [0.5, 0.6) is 0 Å². The maximum atomic E-state index is 12.8. The molecule has 0 fully saturated rings. The van der Waals surface area contributed by atoms with Crippen molar-refractivity contribution in [1.82, 2.24) is 29.8 Å². The molecule has 0 bridgehead atoms. The molecule has 0 radical (unpaired) electrons. The summed E-state index contributed by atoms with van der Waals surface area (Å²) < 4.78 is 3.37. The Morgan fingerprint density at radius 3 is 2.85 bits per heavy atom. The quantitative estimate of drug-likeness (QED) is 0.575. The van der Waals surface area contributed by atoms with Crippen LogP contribution in [0, 0.1) is 0 Å². The van der Waals surface area contributed by atoms with Crippen molar-refractivity contribution in [3.05, 3.63) is 83.7 Å². The molecule has 2 aromatic carbocycles. The van der Waals surface area contributed by atoms with Gasteiger partial charge in [0.2, 0.25) is 0 Å². The number of hydrogen-bond acceptors (Lipinski definition) is 5. The van der Waals surface area contributed by atoms with Gasteiger partial charge in [-0.2, -0.15) is 4.68 Å². The Morgan fingerprint density at radius 2 is 2.07 bits per heavy atom. The molecule has 2 heterocycles. The molecule has 0 unspecified atom stereocenters. The highest BCUT2D eigenvalue weighted by Gasteiger charge is 2.15. The zero-order valence-electron chi connectivity index (χ0n) is 14.0. The van der Waals surface area contributed by atoms with Gasteiger partial charge in [-0.1, -0.05) is 23.7 Å². The van der Waals surface area contributed by atoms with E-state index in [1.54, 1.807) is 30.7 Å². The molecule has 134 valence electrons. The van der Waals surface area contributed by atoms with Crippen LogP contribution in [-0.2, 0) is 6.54 Å². The average molecular weight is 380 g/mol. The molecule has 1 N–H and O–H groups in total. The van der Waals surface area contributed by atoms with Crippen molar-refractivity contribution < 1.29 is 4.79 Å². The number of amides is 1. The van der Waals surface area contributed by atoms with Crippen molar-refractivity contribution in [3.8, 4) is 5.69 Å². The second-order valence-corrected chi connectivity index (χ2v) is 6.24. The Hall–Kier alpha value is -3.52. The summed E-state index contributed by atoms with van der Waals surface area (Å²) in [6, 6.07) is 12.6. The van der Waals surface area contributed by atoms with Crippen LogP contribution in [0.2, 0.25) is 5.02 Å². The van der Waals surface area contributed by atoms with Crippen molar-refractivity contribution >= 4 is 23.2 Å². The summed E-state index contributed by atoms with van der Waals surface area (Å²) in [7, 11) is 0. The zero-order valence-corrected chi connectivity index (χ0v) is 14.8. The number of nitrogens with zero attached hydrogens (tertiary/aromatic N) is 6. The highest BCUT2D eigenvalue weighted by molar-refractivity contribution is 6.31. The third-order valence-corrected chi connectivity index (χ3v) is 4.14. The Labute approximate surface area is 159 Å². The van der Waals surface area contributed by atoms with Crippen molar-refractivity contribution in [1.29, 1.82) is 0 Å². The Balaban J connectivity index is 1.59. The Bertz CT molecular complexity index is 1060. The maximum Gasteiger partial charge on any atom is 0.257 e. The van der Waals surface area contributed by atoms with Gasteiger partial charge < -0.3 is 9.88 Å². The van der Waals surface area contributed by atoms with Crippen LogP contribution in [0.3, 0.4) is 0 Å². The van der Waals surface area contributed by atoms with Gasteiger partial charge in [0.15, 0.2) is 0 Å². The predicted molar refractivity (Wildman–Crippen MR) is 99.9 cm³/mol. The number of carbonyl (C=O) groups excluding carboxylic acids is 1. The third-order valence-electron chi connectivity index (χ3n) is 3.91. The van der Waals surface area contributed by atoms with Gasteiger partial charge in [0.1, 0.15) is 6.33 Å². The minimum Gasteiger partial charge on any atom is -0.333 e. The number of aromatic nitrogens is 6. The van der Waals surface area contributed by atoms with Gasteiger partial charge >= 0.3 is 0 Å². The molecule has 9 heteroatoms. The molecule has 0 atom stereocenters. The van der Waals surface area contributed by atoms with E-state index in [9.17, 15) is 4.79 Å². The number of halogens is 1. The van der Waals surface area contributed by atoms with Crippen LogP contribution in [0.25, 0.3) is 5.69 Å². The van der Waals surface area contributed by atoms with Gasteiger partial charge in [0, 0.05) is 29.6 Å². The average Bonchev–Trinajstić information content (AvgIpc) is 3.36. The summed E-state index contributed by atoms with van der Waals surface area (Å²) in [5, 5.41) is 14.4. The van der Waals surface area contributed by atoms with Gasteiger partial charge in [-0.05, 0) is 46.3 Å². The van der Waals surface area contributed by atoms with Crippen LogP contribution in [-0.4, -0.2) is 35.7 Å². The standard InChI is InChI=1S/C18H14ClN7O/c19-14-4-5-17(26-12-21-23-24-26)16(9-14)18(27)22-15-3-1-2-13(8-15)10-25-7-6-20-11-25/h1-9,11-12H,10H2,(H,22,27). The van der Waals surface area contributed by atoms with E-state index in [1.165, 1.54) is 11.0 Å². The molecule has 8 nitrogen and oxygen atoms in total. The molecule has 1 amide bonds. The van der Waals surface area contributed by atoms with E-state index >= 15 is 0 Å². The lowest BCUT2D eigenvalue weighted by Crippen LogP contribution is -2.15. The summed E-state index contributed by atoms with van der Waals surface area (Å²) in [6.45, 7) is 0.663. The molecule has 4 aromatic rings. The van der Waals surface area contributed by atoms with E-state index in [2.05, 4.69) is 25.8 Å². The first-order valence-electron chi connectivity index (χ1n) is 8.08. The monoisotopic (exact) mass is 379 g/mol. The van der Waals surface area contributed by atoms with E-state index in [-0.39, 0.29) is 5.91 Å². The lowest BCUT2D eigenvalue weighted by atomic mass is 10.1. The second kappa shape index (κ2) is 7.38. The van der Waals surface area contributed by atoms with E-state index in [0.717, 1.165) is 5.56 Å². The van der Waals surface area contributed by atoms with Crippen molar-refractivity contribution in [2.75, 3.05) is 5.32 Å². The van der Waals surface area contributed by atoms with Crippen molar-refractivity contribution in [3.63, 3.8) is 0 Å². The fourth-order valence-corrected chi connectivity index (χ4v) is 2.87. The topological polar surface area (TPSA) is 90.5 Å². The van der Waals surface area contributed by atoms with Gasteiger partial charge in [-0.15, -0.1) is 5.10 Å². The fraction of sp³-hybridized carbons (Fsp3) is 0.0556. The summed E-state index contributed by atoms with van der Waals surface area (Å²) in [5.41, 5.74) is 2.63. The highest BCUT2D eigenvalue weighted by Crippen LogP contribution is 2.21. The Kier molecular flexibility index (Phi) is 4.63. The number of nitrogens with one attached hydrogen (secondary N) is 1. The van der Waals surface area contributed by atoms with E-state index < -0.39 is 0 Å². The van der Waals surface area contributed by atoms with Crippen LogP contribution < -0.4 is 5.32 Å². The van der Waals surface area contributed by atoms with Gasteiger partial charge in [0.25, 0.3) is 5.91 Å². The van der Waals surface area contributed by atoms with Crippen molar-refractivity contribution in [2.45, 2.75) is 6.54 Å². The summed E-state index contributed by atoms with van der Waals surface area (Å²) in [6.07, 6.45) is 6.78. The van der Waals surface area contributed by atoms with E-state index in [0.29, 0.717) is 28.5 Å². The summed E-state index contributed by atoms with van der Waals surface area (Å²) in [4.78, 5) is 16.9. The summed E-state index contributed by atoms with van der Waals surface area (Å²) >= 11 is 6.08. The number of carbonyl (C=O) groups is 1.